The monoisotopic (exact) mass is 361 g/mol. The van der Waals surface area contributed by atoms with Gasteiger partial charge in [0.1, 0.15) is 5.75 Å². The molecule has 26 heavy (non-hydrogen) atoms. The van der Waals surface area contributed by atoms with Gasteiger partial charge in [0.25, 0.3) is 0 Å². The van der Waals surface area contributed by atoms with Crippen molar-refractivity contribution in [2.75, 3.05) is 6.61 Å². The Balaban J connectivity index is 2.14. The van der Waals surface area contributed by atoms with E-state index in [9.17, 15) is 18.0 Å². The minimum atomic E-state index is -4.41. The number of carboxylic acid groups (broad SMARTS) is 1. The second-order valence-electron chi connectivity index (χ2n) is 5.55. The maximum Gasteiger partial charge on any atom is 0.416 e. The van der Waals surface area contributed by atoms with Crippen molar-refractivity contribution in [3.63, 3.8) is 0 Å². The highest BCUT2D eigenvalue weighted by molar-refractivity contribution is 5.95. The summed E-state index contributed by atoms with van der Waals surface area (Å²) in [6.45, 7) is 2.18. The predicted molar refractivity (Wildman–Crippen MR) is 90.3 cm³/mol. The molecule has 0 aliphatic rings. The summed E-state index contributed by atoms with van der Waals surface area (Å²) in [5.74, 6) is -0.601. The van der Waals surface area contributed by atoms with Gasteiger partial charge >= 0.3 is 12.1 Å². The van der Waals surface area contributed by atoms with Gasteiger partial charge < -0.3 is 9.84 Å². The Labute approximate surface area is 146 Å². The van der Waals surface area contributed by atoms with Crippen molar-refractivity contribution in [2.24, 2.45) is 0 Å². The molecule has 3 rings (SSSR count). The van der Waals surface area contributed by atoms with E-state index < -0.39 is 17.7 Å². The van der Waals surface area contributed by atoms with Crippen LogP contribution >= 0.6 is 0 Å². The zero-order valence-electron chi connectivity index (χ0n) is 13.7. The lowest BCUT2D eigenvalue weighted by Crippen LogP contribution is -2.04. The van der Waals surface area contributed by atoms with E-state index >= 15 is 0 Å². The van der Waals surface area contributed by atoms with Gasteiger partial charge in [0.05, 0.1) is 28.9 Å². The van der Waals surface area contributed by atoms with Crippen LogP contribution in [0.4, 0.5) is 13.2 Å². The van der Waals surface area contributed by atoms with Gasteiger partial charge in [-0.1, -0.05) is 12.1 Å². The standard InChI is InChI=1S/C19H14F3NO3/c1-2-26-17-10-15(11-3-6-13(7-4-11)19(20,21)22)23-16-9-12(18(24)25)5-8-14(16)17/h3-10H,2H2,1H3,(H,24,25). The molecular weight excluding hydrogens is 347 g/mol. The van der Waals surface area contributed by atoms with Crippen molar-refractivity contribution in [3.05, 3.63) is 59.7 Å². The Morgan fingerprint density at radius 3 is 2.38 bits per heavy atom. The second kappa shape index (κ2) is 6.67. The fourth-order valence-corrected chi connectivity index (χ4v) is 2.58. The summed E-state index contributed by atoms with van der Waals surface area (Å²) in [5.41, 5.74) is 0.585. The number of carbonyl (C=O) groups is 1. The lowest BCUT2D eigenvalue weighted by Gasteiger charge is -2.12. The van der Waals surface area contributed by atoms with E-state index in [-0.39, 0.29) is 5.56 Å². The van der Waals surface area contributed by atoms with Gasteiger partial charge in [-0.3, -0.25) is 0 Å². The molecule has 3 aromatic rings. The average molecular weight is 361 g/mol. The summed E-state index contributed by atoms with van der Waals surface area (Å²) >= 11 is 0. The third kappa shape index (κ3) is 3.46. The van der Waals surface area contributed by atoms with Crippen molar-refractivity contribution >= 4 is 16.9 Å². The van der Waals surface area contributed by atoms with E-state index in [1.807, 2.05) is 0 Å². The summed E-state index contributed by atoms with van der Waals surface area (Å²) in [6, 6.07) is 10.7. The molecule has 1 N–H and O–H groups in total. The number of aromatic carboxylic acids is 1. The molecule has 0 bridgehead atoms. The van der Waals surface area contributed by atoms with Crippen molar-refractivity contribution in [1.29, 1.82) is 0 Å². The third-order valence-electron chi connectivity index (χ3n) is 3.83. The Hall–Kier alpha value is -3.09. The lowest BCUT2D eigenvalue weighted by atomic mass is 10.1. The van der Waals surface area contributed by atoms with Gasteiger partial charge in [-0.15, -0.1) is 0 Å². The molecule has 0 amide bonds. The van der Waals surface area contributed by atoms with Crippen molar-refractivity contribution < 1.29 is 27.8 Å². The highest BCUT2D eigenvalue weighted by Crippen LogP contribution is 2.33. The number of nitrogens with zero attached hydrogens (tertiary/aromatic N) is 1. The molecule has 0 saturated heterocycles. The molecule has 1 aromatic heterocycles. The van der Waals surface area contributed by atoms with Crippen LogP contribution in [0.15, 0.2) is 48.5 Å². The first-order chi connectivity index (χ1) is 12.3. The van der Waals surface area contributed by atoms with Gasteiger partial charge in [-0.05, 0) is 37.3 Å². The first-order valence-electron chi connectivity index (χ1n) is 7.78. The molecule has 0 atom stereocenters. The first-order valence-corrected chi connectivity index (χ1v) is 7.78. The first kappa shape index (κ1) is 17.7. The van der Waals surface area contributed by atoms with Crippen molar-refractivity contribution in [3.8, 4) is 17.0 Å². The number of rotatable bonds is 4. The summed E-state index contributed by atoms with van der Waals surface area (Å²) in [4.78, 5) is 15.6. The molecule has 0 saturated carbocycles. The van der Waals surface area contributed by atoms with Gasteiger partial charge in [0.15, 0.2) is 0 Å². The largest absolute Gasteiger partial charge is 0.493 e. The topological polar surface area (TPSA) is 59.4 Å². The molecule has 0 fully saturated rings. The highest BCUT2D eigenvalue weighted by atomic mass is 19.4. The minimum Gasteiger partial charge on any atom is -0.493 e. The SMILES string of the molecule is CCOc1cc(-c2ccc(C(F)(F)F)cc2)nc2cc(C(=O)O)ccc12. The molecular formula is C19H14F3NO3. The average Bonchev–Trinajstić information content (AvgIpc) is 2.60. The van der Waals surface area contributed by atoms with Crippen LogP contribution in [0.3, 0.4) is 0 Å². The summed E-state index contributed by atoms with van der Waals surface area (Å²) in [5, 5.41) is 9.78. The molecule has 0 aliphatic carbocycles. The van der Waals surface area contributed by atoms with E-state index in [1.165, 1.54) is 24.3 Å². The molecule has 4 nitrogen and oxygen atoms in total. The summed E-state index contributed by atoms with van der Waals surface area (Å²) < 4.78 is 43.8. The number of pyridine rings is 1. The van der Waals surface area contributed by atoms with Gasteiger partial charge in [-0.2, -0.15) is 13.2 Å². The quantitative estimate of drug-likeness (QED) is 0.709. The number of carboxylic acids is 1. The third-order valence-corrected chi connectivity index (χ3v) is 3.83. The van der Waals surface area contributed by atoms with Crippen LogP contribution in [0, 0.1) is 0 Å². The van der Waals surface area contributed by atoms with Crippen molar-refractivity contribution in [2.45, 2.75) is 13.1 Å². The predicted octanol–water partition coefficient (Wildman–Crippen LogP) is 5.02. The van der Waals surface area contributed by atoms with Crippen LogP contribution in [-0.2, 0) is 6.18 Å². The van der Waals surface area contributed by atoms with Gasteiger partial charge in [-0.25, -0.2) is 9.78 Å². The maximum atomic E-state index is 12.7. The molecule has 0 radical (unpaired) electrons. The van der Waals surface area contributed by atoms with E-state index in [0.29, 0.717) is 34.5 Å². The Kier molecular flexibility index (Phi) is 4.54. The Bertz CT molecular complexity index is 966. The van der Waals surface area contributed by atoms with Crippen LogP contribution < -0.4 is 4.74 Å². The molecule has 7 heteroatoms. The second-order valence-corrected chi connectivity index (χ2v) is 5.55. The summed E-state index contributed by atoms with van der Waals surface area (Å²) in [7, 11) is 0. The molecule has 1 heterocycles. The van der Waals surface area contributed by atoms with E-state index in [4.69, 9.17) is 9.84 Å². The van der Waals surface area contributed by atoms with E-state index in [0.717, 1.165) is 12.1 Å². The normalized spacial score (nSPS) is 11.5. The fourth-order valence-electron chi connectivity index (χ4n) is 2.58. The number of ether oxygens (including phenoxy) is 1. The molecule has 2 aromatic carbocycles. The van der Waals surface area contributed by atoms with E-state index in [1.54, 1.807) is 19.1 Å². The Morgan fingerprint density at radius 2 is 1.81 bits per heavy atom. The number of hydrogen-bond acceptors (Lipinski definition) is 3. The highest BCUT2D eigenvalue weighted by Gasteiger charge is 2.30. The number of aromatic nitrogens is 1. The minimum absolute atomic E-state index is 0.0667. The number of halogens is 3. The lowest BCUT2D eigenvalue weighted by molar-refractivity contribution is -0.137. The maximum absolute atomic E-state index is 12.7. The zero-order chi connectivity index (χ0) is 18.9. The van der Waals surface area contributed by atoms with E-state index in [2.05, 4.69) is 4.98 Å². The smallest absolute Gasteiger partial charge is 0.416 e. The fraction of sp³-hybridized carbons (Fsp3) is 0.158. The molecule has 134 valence electrons. The van der Waals surface area contributed by atoms with Crippen LogP contribution in [0.1, 0.15) is 22.8 Å². The molecule has 0 spiro atoms. The van der Waals surface area contributed by atoms with Crippen molar-refractivity contribution in [1.82, 2.24) is 4.98 Å². The molecule has 0 aliphatic heterocycles. The number of benzene rings is 2. The van der Waals surface area contributed by atoms with Crippen LogP contribution in [0.2, 0.25) is 0 Å². The van der Waals surface area contributed by atoms with Crippen LogP contribution in [0.25, 0.3) is 22.2 Å². The van der Waals surface area contributed by atoms with Gasteiger partial charge in [0.2, 0.25) is 0 Å². The van der Waals surface area contributed by atoms with Crippen LogP contribution in [-0.4, -0.2) is 22.7 Å². The number of hydrogen-bond donors (Lipinski definition) is 1. The summed E-state index contributed by atoms with van der Waals surface area (Å²) in [6.07, 6.45) is -4.41. The zero-order valence-corrected chi connectivity index (χ0v) is 13.7. The number of alkyl halides is 3. The molecule has 0 unspecified atom stereocenters. The van der Waals surface area contributed by atoms with Crippen LogP contribution in [0.5, 0.6) is 5.75 Å². The van der Waals surface area contributed by atoms with Gasteiger partial charge in [0, 0.05) is 17.0 Å². The number of fused-ring (bicyclic) bond motifs is 1. The Morgan fingerprint density at radius 1 is 1.12 bits per heavy atom.